The predicted octanol–water partition coefficient (Wildman–Crippen LogP) is 7.03. The number of aromatic hydroxyl groups is 1. The number of ether oxygens (including phenoxy) is 2. The van der Waals surface area contributed by atoms with Crippen LogP contribution in [0.25, 0.3) is 11.1 Å². The number of carboxylic acid groups (broad SMARTS) is 1. The number of hydrogen-bond donors (Lipinski definition) is 2. The zero-order valence-corrected chi connectivity index (χ0v) is 24.2. The normalized spacial score (nSPS) is 14.1. The van der Waals surface area contributed by atoms with Crippen molar-refractivity contribution in [2.24, 2.45) is 0 Å². The lowest BCUT2D eigenvalue weighted by Gasteiger charge is -2.26. The number of phenolic OH excluding ortho intramolecular Hbond substituents is 1. The molecule has 0 radical (unpaired) electrons. The summed E-state index contributed by atoms with van der Waals surface area (Å²) in [6, 6.07) is 16.0. The van der Waals surface area contributed by atoms with E-state index in [4.69, 9.17) is 14.6 Å². The number of benzene rings is 3. The van der Waals surface area contributed by atoms with Crippen LogP contribution in [-0.4, -0.2) is 28.9 Å². The standard InChI is InChI=1S/C18H23O2P.C14H18O3/c1-3-5-10-20-18-12-17(19)16(11-13(18)4-2)14-6-8-15(21)9-7-14;1-3-4-11-9(2)5-6-10-7-8-12(14(15)16)17-13(10)11/h6-9,11-12,19H,3-5,10,21H2,1-2H3;5-6,12H,3-4,7-8H2,1-2H3,(H,15,16). The Labute approximate surface area is 229 Å². The lowest BCUT2D eigenvalue weighted by molar-refractivity contribution is -0.145. The van der Waals surface area contributed by atoms with Gasteiger partial charge in [0.1, 0.15) is 17.2 Å². The van der Waals surface area contributed by atoms with E-state index >= 15 is 0 Å². The smallest absolute Gasteiger partial charge is 0.344 e. The SMILES string of the molecule is CCCCOc1cc(O)c(-c2ccc(P)cc2)cc1CC.CCCc1c(C)ccc2c1OC(C(=O)O)CC2. The monoisotopic (exact) mass is 536 g/mol. The van der Waals surface area contributed by atoms with E-state index in [2.05, 4.69) is 49.1 Å². The summed E-state index contributed by atoms with van der Waals surface area (Å²) in [6.07, 6.45) is 5.69. The van der Waals surface area contributed by atoms with Crippen molar-refractivity contribution in [1.29, 1.82) is 0 Å². The molecule has 3 aromatic carbocycles. The minimum atomic E-state index is -0.861. The molecule has 38 heavy (non-hydrogen) atoms. The van der Waals surface area contributed by atoms with E-state index in [1.807, 2.05) is 30.3 Å². The first-order valence-corrected chi connectivity index (χ1v) is 14.2. The van der Waals surface area contributed by atoms with Crippen molar-refractivity contribution < 1.29 is 24.5 Å². The molecule has 3 aromatic rings. The average molecular weight is 537 g/mol. The highest BCUT2D eigenvalue weighted by molar-refractivity contribution is 7.27. The summed E-state index contributed by atoms with van der Waals surface area (Å²) in [5, 5.41) is 20.5. The maximum atomic E-state index is 11.0. The first-order chi connectivity index (χ1) is 18.3. The maximum Gasteiger partial charge on any atom is 0.344 e. The molecule has 0 bridgehead atoms. The summed E-state index contributed by atoms with van der Waals surface area (Å²) in [4.78, 5) is 11.0. The van der Waals surface area contributed by atoms with Gasteiger partial charge in [-0.3, -0.25) is 0 Å². The van der Waals surface area contributed by atoms with Crippen LogP contribution in [0.5, 0.6) is 17.2 Å². The zero-order valence-electron chi connectivity index (χ0n) is 23.0. The Morgan fingerprint density at radius 3 is 2.45 bits per heavy atom. The lowest BCUT2D eigenvalue weighted by Crippen LogP contribution is -2.31. The molecule has 0 amide bonds. The quantitative estimate of drug-likeness (QED) is 0.227. The Bertz CT molecular complexity index is 1220. The molecule has 2 N–H and O–H groups in total. The van der Waals surface area contributed by atoms with E-state index in [1.165, 1.54) is 11.1 Å². The second kappa shape index (κ2) is 14.2. The third kappa shape index (κ3) is 7.51. The van der Waals surface area contributed by atoms with E-state index in [0.717, 1.165) is 77.6 Å². The Hall–Kier alpha value is -3.04. The largest absolute Gasteiger partial charge is 0.507 e. The Kier molecular flexibility index (Phi) is 11.0. The number of carbonyl (C=O) groups is 1. The first kappa shape index (κ1) is 29.5. The molecule has 0 saturated heterocycles. The predicted molar refractivity (Wildman–Crippen MR) is 158 cm³/mol. The van der Waals surface area contributed by atoms with Crippen molar-refractivity contribution >= 4 is 20.5 Å². The molecule has 0 saturated carbocycles. The third-order valence-electron chi connectivity index (χ3n) is 6.82. The highest BCUT2D eigenvalue weighted by Crippen LogP contribution is 2.36. The van der Waals surface area contributed by atoms with Crippen molar-refractivity contribution in [2.45, 2.75) is 78.7 Å². The Balaban J connectivity index is 0.000000215. The fraction of sp³-hybridized carbons (Fsp3) is 0.406. The summed E-state index contributed by atoms with van der Waals surface area (Å²) >= 11 is 0. The number of aryl methyl sites for hydroxylation is 3. The fourth-order valence-electron chi connectivity index (χ4n) is 4.59. The molecule has 1 heterocycles. The van der Waals surface area contributed by atoms with Gasteiger partial charge >= 0.3 is 5.97 Å². The molecule has 1 aliphatic heterocycles. The van der Waals surface area contributed by atoms with Gasteiger partial charge in [0.2, 0.25) is 0 Å². The molecule has 1 aliphatic rings. The van der Waals surface area contributed by atoms with Crippen molar-refractivity contribution in [2.75, 3.05) is 6.61 Å². The number of phenols is 1. The van der Waals surface area contributed by atoms with Gasteiger partial charge in [0, 0.05) is 11.6 Å². The lowest BCUT2D eigenvalue weighted by atomic mass is 9.94. The average Bonchev–Trinajstić information content (AvgIpc) is 2.91. The summed E-state index contributed by atoms with van der Waals surface area (Å²) in [5.74, 6) is 1.04. The molecule has 4 rings (SSSR count). The van der Waals surface area contributed by atoms with Gasteiger partial charge in [-0.1, -0.05) is 70.0 Å². The number of carboxylic acids is 1. The van der Waals surface area contributed by atoms with Crippen LogP contribution in [0, 0.1) is 6.92 Å². The number of hydrogen-bond acceptors (Lipinski definition) is 4. The van der Waals surface area contributed by atoms with Gasteiger partial charge in [-0.2, -0.15) is 0 Å². The zero-order chi connectivity index (χ0) is 27.7. The molecule has 6 heteroatoms. The van der Waals surface area contributed by atoms with E-state index in [0.29, 0.717) is 13.0 Å². The minimum Gasteiger partial charge on any atom is -0.507 e. The number of aliphatic carboxylic acids is 1. The van der Waals surface area contributed by atoms with Crippen molar-refractivity contribution in [3.63, 3.8) is 0 Å². The van der Waals surface area contributed by atoms with Crippen LogP contribution in [0.2, 0.25) is 0 Å². The summed E-state index contributed by atoms with van der Waals surface area (Å²) in [7, 11) is 2.67. The minimum absolute atomic E-state index is 0.273. The molecular weight excluding hydrogens is 495 g/mol. The van der Waals surface area contributed by atoms with Gasteiger partial charge in [0.15, 0.2) is 6.10 Å². The molecule has 204 valence electrons. The Morgan fingerprint density at radius 2 is 1.82 bits per heavy atom. The van der Waals surface area contributed by atoms with Crippen LogP contribution in [0.4, 0.5) is 0 Å². The molecule has 0 aliphatic carbocycles. The molecule has 2 atom stereocenters. The van der Waals surface area contributed by atoms with E-state index in [9.17, 15) is 9.90 Å². The molecular formula is C32H41O5P. The first-order valence-electron chi connectivity index (χ1n) is 13.6. The maximum absolute atomic E-state index is 11.0. The van der Waals surface area contributed by atoms with Crippen LogP contribution in [-0.2, 0) is 24.1 Å². The molecule has 0 fully saturated rings. The molecule has 0 aromatic heterocycles. The van der Waals surface area contributed by atoms with Crippen molar-refractivity contribution in [3.8, 4) is 28.4 Å². The summed E-state index contributed by atoms with van der Waals surface area (Å²) < 4.78 is 11.5. The number of unbranched alkanes of at least 4 members (excludes halogenated alkanes) is 1. The number of fused-ring (bicyclic) bond motifs is 1. The summed E-state index contributed by atoms with van der Waals surface area (Å²) in [6.45, 7) is 9.12. The van der Waals surface area contributed by atoms with Gasteiger partial charge in [0.05, 0.1) is 6.61 Å². The van der Waals surface area contributed by atoms with Gasteiger partial charge < -0.3 is 19.7 Å². The third-order valence-corrected chi connectivity index (χ3v) is 7.21. The topological polar surface area (TPSA) is 76.0 Å². The van der Waals surface area contributed by atoms with E-state index < -0.39 is 12.1 Å². The second-order valence-electron chi connectivity index (χ2n) is 9.74. The molecule has 0 spiro atoms. The fourth-order valence-corrected chi connectivity index (χ4v) is 4.78. The molecule has 5 nitrogen and oxygen atoms in total. The van der Waals surface area contributed by atoms with Gasteiger partial charge in [-0.15, -0.1) is 9.24 Å². The number of rotatable bonds is 9. The van der Waals surface area contributed by atoms with Crippen LogP contribution in [0.1, 0.15) is 68.7 Å². The van der Waals surface area contributed by atoms with E-state index in [1.54, 1.807) is 6.07 Å². The Morgan fingerprint density at radius 1 is 1.08 bits per heavy atom. The highest BCUT2D eigenvalue weighted by Gasteiger charge is 2.27. The summed E-state index contributed by atoms with van der Waals surface area (Å²) in [5.41, 5.74) is 6.53. The molecule has 2 unspecified atom stereocenters. The van der Waals surface area contributed by atoms with Gasteiger partial charge in [-0.25, -0.2) is 4.79 Å². The van der Waals surface area contributed by atoms with Crippen LogP contribution >= 0.6 is 9.24 Å². The van der Waals surface area contributed by atoms with Gasteiger partial charge in [0.25, 0.3) is 0 Å². The van der Waals surface area contributed by atoms with Crippen LogP contribution in [0.15, 0.2) is 48.5 Å². The van der Waals surface area contributed by atoms with Crippen LogP contribution < -0.4 is 14.8 Å². The van der Waals surface area contributed by atoms with Crippen molar-refractivity contribution in [1.82, 2.24) is 0 Å². The van der Waals surface area contributed by atoms with Crippen molar-refractivity contribution in [3.05, 3.63) is 70.8 Å². The van der Waals surface area contributed by atoms with Gasteiger partial charge in [-0.05, 0) is 78.2 Å². The highest BCUT2D eigenvalue weighted by atomic mass is 31.0. The second-order valence-corrected chi connectivity index (χ2v) is 10.4. The van der Waals surface area contributed by atoms with E-state index in [-0.39, 0.29) is 5.75 Å². The van der Waals surface area contributed by atoms with Crippen LogP contribution in [0.3, 0.4) is 0 Å².